The Hall–Kier alpha value is -1.39. The molecule has 2 fully saturated rings. The number of hydrogen-bond donors (Lipinski definition) is 1. The molecule has 0 aliphatic carbocycles. The normalized spacial score (nSPS) is 26.0. The van der Waals surface area contributed by atoms with Gasteiger partial charge in [-0.3, -0.25) is 4.79 Å². The smallest absolute Gasteiger partial charge is 0.223 e. The van der Waals surface area contributed by atoms with Crippen LogP contribution in [0.1, 0.15) is 30.9 Å². The molecule has 4 nitrogen and oxygen atoms in total. The Kier molecular flexibility index (Phi) is 4.88. The van der Waals surface area contributed by atoms with Gasteiger partial charge in [0.25, 0.3) is 0 Å². The number of ether oxygens (including phenoxy) is 1. The Morgan fingerprint density at radius 3 is 2.95 bits per heavy atom. The number of nitrogens with zero attached hydrogens (tertiary/aromatic N) is 1. The van der Waals surface area contributed by atoms with E-state index in [0.29, 0.717) is 32.1 Å². The summed E-state index contributed by atoms with van der Waals surface area (Å²) in [6, 6.07) is 10.3. The molecule has 1 aromatic carbocycles. The van der Waals surface area contributed by atoms with Crippen LogP contribution < -0.4 is 5.32 Å². The summed E-state index contributed by atoms with van der Waals surface area (Å²) in [5.41, 5.74) is 1.17. The first kappa shape index (κ1) is 14.5. The second-order valence-electron chi connectivity index (χ2n) is 5.99. The minimum Gasteiger partial charge on any atom is -0.377 e. The molecule has 1 amide bonds. The van der Waals surface area contributed by atoms with Crippen molar-refractivity contribution in [2.45, 2.75) is 25.3 Å². The molecule has 21 heavy (non-hydrogen) atoms. The van der Waals surface area contributed by atoms with E-state index in [-0.39, 0.29) is 11.9 Å². The third-order valence-corrected chi connectivity index (χ3v) is 4.56. The fraction of sp³-hybridized carbons (Fsp3) is 0.588. The fourth-order valence-corrected chi connectivity index (χ4v) is 3.29. The molecule has 2 heterocycles. The van der Waals surface area contributed by atoms with Crippen molar-refractivity contribution < 1.29 is 9.53 Å². The van der Waals surface area contributed by atoms with Gasteiger partial charge in [0.1, 0.15) is 0 Å². The first-order valence-electron chi connectivity index (χ1n) is 7.97. The zero-order valence-corrected chi connectivity index (χ0v) is 12.5. The highest BCUT2D eigenvalue weighted by molar-refractivity contribution is 5.76. The van der Waals surface area contributed by atoms with Gasteiger partial charge in [-0.1, -0.05) is 30.3 Å². The molecule has 4 heteroatoms. The standard InChI is InChI=1S/C17H24N2O2/c20-17(7-6-14-8-9-18-12-14)19-10-11-21-13-16(19)15-4-2-1-3-5-15/h1-5,14,16,18H,6-13H2. The molecule has 0 radical (unpaired) electrons. The molecule has 2 aliphatic rings. The van der Waals surface area contributed by atoms with Gasteiger partial charge in [-0.25, -0.2) is 0 Å². The molecular formula is C17H24N2O2. The highest BCUT2D eigenvalue weighted by Gasteiger charge is 2.28. The Morgan fingerprint density at radius 2 is 2.19 bits per heavy atom. The van der Waals surface area contributed by atoms with Crippen LogP contribution >= 0.6 is 0 Å². The van der Waals surface area contributed by atoms with Gasteiger partial charge in [-0.2, -0.15) is 0 Å². The Bertz CT molecular complexity index is 457. The molecule has 114 valence electrons. The van der Waals surface area contributed by atoms with E-state index in [1.54, 1.807) is 0 Å². The molecule has 1 aromatic rings. The Balaban J connectivity index is 1.61. The summed E-state index contributed by atoms with van der Waals surface area (Å²) in [4.78, 5) is 14.6. The van der Waals surface area contributed by atoms with Crippen molar-refractivity contribution >= 4 is 5.91 Å². The summed E-state index contributed by atoms with van der Waals surface area (Å²) in [7, 11) is 0. The summed E-state index contributed by atoms with van der Waals surface area (Å²) in [6.07, 6.45) is 2.87. The number of carbonyl (C=O) groups is 1. The van der Waals surface area contributed by atoms with Crippen LogP contribution in [-0.4, -0.2) is 43.7 Å². The molecule has 2 aliphatic heterocycles. The minimum absolute atomic E-state index is 0.0779. The van der Waals surface area contributed by atoms with Gasteiger partial charge in [0, 0.05) is 13.0 Å². The SMILES string of the molecule is O=C(CCC1CCNC1)N1CCOCC1c1ccccc1. The van der Waals surface area contributed by atoms with Crippen molar-refractivity contribution in [2.75, 3.05) is 32.8 Å². The third-order valence-electron chi connectivity index (χ3n) is 4.56. The maximum absolute atomic E-state index is 12.6. The van der Waals surface area contributed by atoms with Crippen LogP contribution in [0.2, 0.25) is 0 Å². The average molecular weight is 288 g/mol. The number of hydrogen-bond acceptors (Lipinski definition) is 3. The molecular weight excluding hydrogens is 264 g/mol. The van der Waals surface area contributed by atoms with Gasteiger partial charge in [0.15, 0.2) is 0 Å². The highest BCUT2D eigenvalue weighted by atomic mass is 16.5. The van der Waals surface area contributed by atoms with Crippen LogP contribution in [0.15, 0.2) is 30.3 Å². The van der Waals surface area contributed by atoms with Gasteiger partial charge in [0.2, 0.25) is 5.91 Å². The van der Waals surface area contributed by atoms with E-state index in [1.807, 2.05) is 23.1 Å². The number of carbonyl (C=O) groups excluding carboxylic acids is 1. The third kappa shape index (κ3) is 3.63. The lowest BCUT2D eigenvalue weighted by molar-refractivity contribution is -0.140. The van der Waals surface area contributed by atoms with E-state index in [0.717, 1.165) is 19.5 Å². The molecule has 0 spiro atoms. The number of amides is 1. The van der Waals surface area contributed by atoms with E-state index in [4.69, 9.17) is 4.74 Å². The summed E-state index contributed by atoms with van der Waals surface area (Å²) >= 11 is 0. The molecule has 0 bridgehead atoms. The summed E-state index contributed by atoms with van der Waals surface area (Å²) in [6.45, 7) is 4.14. The van der Waals surface area contributed by atoms with Crippen molar-refractivity contribution in [1.29, 1.82) is 0 Å². The van der Waals surface area contributed by atoms with Gasteiger partial charge in [-0.05, 0) is 37.4 Å². The van der Waals surface area contributed by atoms with Gasteiger partial charge < -0.3 is 15.0 Å². The Labute approximate surface area is 126 Å². The molecule has 0 saturated carbocycles. The number of rotatable bonds is 4. The lowest BCUT2D eigenvalue weighted by atomic mass is 10.0. The van der Waals surface area contributed by atoms with Crippen molar-refractivity contribution in [3.8, 4) is 0 Å². The number of morpholine rings is 1. The van der Waals surface area contributed by atoms with E-state index in [2.05, 4.69) is 17.4 Å². The minimum atomic E-state index is 0.0779. The molecule has 1 N–H and O–H groups in total. The average Bonchev–Trinajstić information content (AvgIpc) is 3.07. The summed E-state index contributed by atoms with van der Waals surface area (Å²) in [5, 5.41) is 3.37. The van der Waals surface area contributed by atoms with E-state index in [9.17, 15) is 4.79 Å². The van der Waals surface area contributed by atoms with Crippen LogP contribution in [0.4, 0.5) is 0 Å². The van der Waals surface area contributed by atoms with Crippen molar-refractivity contribution in [2.24, 2.45) is 5.92 Å². The lowest BCUT2D eigenvalue weighted by Gasteiger charge is -2.36. The maximum Gasteiger partial charge on any atom is 0.223 e. The first-order valence-corrected chi connectivity index (χ1v) is 7.97. The van der Waals surface area contributed by atoms with Crippen LogP contribution in [0, 0.1) is 5.92 Å². The molecule has 2 saturated heterocycles. The van der Waals surface area contributed by atoms with Crippen LogP contribution in [0.3, 0.4) is 0 Å². The summed E-state index contributed by atoms with van der Waals surface area (Å²) in [5.74, 6) is 0.948. The van der Waals surface area contributed by atoms with Gasteiger partial charge in [0.05, 0.1) is 19.3 Å². The number of nitrogens with one attached hydrogen (secondary N) is 1. The zero-order chi connectivity index (χ0) is 14.5. The summed E-state index contributed by atoms with van der Waals surface area (Å²) < 4.78 is 5.59. The molecule has 3 rings (SSSR count). The van der Waals surface area contributed by atoms with E-state index in [1.165, 1.54) is 12.0 Å². The van der Waals surface area contributed by atoms with Crippen molar-refractivity contribution in [3.05, 3.63) is 35.9 Å². The predicted octanol–water partition coefficient (Wildman–Crippen LogP) is 1.98. The quantitative estimate of drug-likeness (QED) is 0.921. The maximum atomic E-state index is 12.6. The van der Waals surface area contributed by atoms with Gasteiger partial charge in [-0.15, -0.1) is 0 Å². The van der Waals surface area contributed by atoms with Crippen molar-refractivity contribution in [3.63, 3.8) is 0 Å². The second kappa shape index (κ2) is 7.05. The monoisotopic (exact) mass is 288 g/mol. The molecule has 0 aromatic heterocycles. The molecule has 2 atom stereocenters. The largest absolute Gasteiger partial charge is 0.377 e. The fourth-order valence-electron chi connectivity index (χ4n) is 3.29. The number of benzene rings is 1. The van der Waals surface area contributed by atoms with Crippen molar-refractivity contribution in [1.82, 2.24) is 10.2 Å². The van der Waals surface area contributed by atoms with Crippen LogP contribution in [0.25, 0.3) is 0 Å². The topological polar surface area (TPSA) is 41.6 Å². The second-order valence-corrected chi connectivity index (χ2v) is 5.99. The van der Waals surface area contributed by atoms with Crippen LogP contribution in [0.5, 0.6) is 0 Å². The van der Waals surface area contributed by atoms with E-state index >= 15 is 0 Å². The predicted molar refractivity (Wildman–Crippen MR) is 81.9 cm³/mol. The zero-order valence-electron chi connectivity index (χ0n) is 12.5. The van der Waals surface area contributed by atoms with Crippen LogP contribution in [-0.2, 0) is 9.53 Å². The van der Waals surface area contributed by atoms with Gasteiger partial charge >= 0.3 is 0 Å². The lowest BCUT2D eigenvalue weighted by Crippen LogP contribution is -2.43. The van der Waals surface area contributed by atoms with E-state index < -0.39 is 0 Å². The Morgan fingerprint density at radius 1 is 1.33 bits per heavy atom. The molecule has 2 unspecified atom stereocenters. The highest BCUT2D eigenvalue weighted by Crippen LogP contribution is 2.26. The first-order chi connectivity index (χ1) is 10.3.